The van der Waals surface area contributed by atoms with E-state index in [2.05, 4.69) is 4.98 Å². The van der Waals surface area contributed by atoms with Crippen LogP contribution in [0, 0.1) is 0 Å². The van der Waals surface area contributed by atoms with Gasteiger partial charge in [-0.25, -0.2) is 0 Å². The van der Waals surface area contributed by atoms with Gasteiger partial charge in [-0.2, -0.15) is 0 Å². The van der Waals surface area contributed by atoms with E-state index in [1.165, 1.54) is 0 Å². The summed E-state index contributed by atoms with van der Waals surface area (Å²) in [5, 5.41) is 0.881. The fourth-order valence-corrected chi connectivity index (χ4v) is 2.62. The molecule has 3 rings (SSSR count). The number of carbonyl (C=O) groups is 1. The summed E-state index contributed by atoms with van der Waals surface area (Å²) in [5.41, 5.74) is 1.60. The van der Waals surface area contributed by atoms with Crippen LogP contribution in [0.4, 0.5) is 0 Å². The Labute approximate surface area is 128 Å². The van der Waals surface area contributed by atoms with Gasteiger partial charge < -0.3 is 19.2 Å². The zero-order chi connectivity index (χ0) is 15.5. The second-order valence-corrected chi connectivity index (χ2v) is 5.40. The SMILES string of the molecule is COc1ccc2[nH]cc(C(=O)CN(C)CC3OCCO3)c2c1. The highest BCUT2D eigenvalue weighted by molar-refractivity contribution is 6.09. The van der Waals surface area contributed by atoms with Crippen molar-refractivity contribution in [2.45, 2.75) is 6.29 Å². The molecule has 1 aromatic heterocycles. The molecule has 6 nitrogen and oxygen atoms in total. The second kappa shape index (κ2) is 6.48. The smallest absolute Gasteiger partial charge is 0.178 e. The molecule has 22 heavy (non-hydrogen) atoms. The number of nitrogens with one attached hydrogen (secondary N) is 1. The second-order valence-electron chi connectivity index (χ2n) is 5.40. The number of likely N-dealkylation sites (N-methyl/N-ethyl adjacent to an activating group) is 1. The third-order valence-corrected chi connectivity index (χ3v) is 3.75. The summed E-state index contributed by atoms with van der Waals surface area (Å²) < 4.78 is 16.0. The van der Waals surface area contributed by atoms with E-state index < -0.39 is 0 Å². The number of ketones is 1. The Balaban J connectivity index is 1.71. The minimum Gasteiger partial charge on any atom is -0.497 e. The molecule has 1 aliphatic rings. The topological polar surface area (TPSA) is 63.8 Å². The number of ether oxygens (including phenoxy) is 3. The van der Waals surface area contributed by atoms with Crippen LogP contribution in [-0.4, -0.2) is 62.4 Å². The van der Waals surface area contributed by atoms with Gasteiger partial charge in [0.1, 0.15) is 5.75 Å². The summed E-state index contributed by atoms with van der Waals surface area (Å²) >= 11 is 0. The van der Waals surface area contributed by atoms with Crippen molar-refractivity contribution in [2.24, 2.45) is 0 Å². The van der Waals surface area contributed by atoms with Crippen LogP contribution in [0.25, 0.3) is 10.9 Å². The highest BCUT2D eigenvalue weighted by Crippen LogP contribution is 2.24. The van der Waals surface area contributed by atoms with Gasteiger partial charge in [-0.15, -0.1) is 0 Å². The number of aromatic nitrogens is 1. The molecule has 0 bridgehead atoms. The number of Topliss-reactive ketones (excluding diaryl/α,β-unsaturated/α-hetero) is 1. The first-order valence-electron chi connectivity index (χ1n) is 7.27. The first-order chi connectivity index (χ1) is 10.7. The molecule has 6 heteroatoms. The fraction of sp³-hybridized carbons (Fsp3) is 0.438. The number of H-pyrrole nitrogens is 1. The minimum absolute atomic E-state index is 0.0556. The van der Waals surface area contributed by atoms with Crippen LogP contribution in [0.1, 0.15) is 10.4 Å². The van der Waals surface area contributed by atoms with Crippen molar-refractivity contribution in [2.75, 3.05) is 40.5 Å². The average Bonchev–Trinajstić information content (AvgIpc) is 3.15. The predicted octanol–water partition coefficient (Wildman–Crippen LogP) is 1.66. The number of carbonyl (C=O) groups excluding carboxylic acids is 1. The van der Waals surface area contributed by atoms with Crippen LogP contribution in [0.5, 0.6) is 5.75 Å². The van der Waals surface area contributed by atoms with E-state index in [9.17, 15) is 4.79 Å². The highest BCUT2D eigenvalue weighted by Gasteiger charge is 2.20. The summed E-state index contributed by atoms with van der Waals surface area (Å²) in [5.74, 6) is 0.794. The van der Waals surface area contributed by atoms with Gasteiger partial charge in [0.25, 0.3) is 0 Å². The first kappa shape index (κ1) is 15.0. The molecule has 1 N–H and O–H groups in total. The molecular formula is C16H20N2O4. The van der Waals surface area contributed by atoms with Crippen LogP contribution in [-0.2, 0) is 9.47 Å². The summed E-state index contributed by atoms with van der Waals surface area (Å²) in [6.07, 6.45) is 1.52. The van der Waals surface area contributed by atoms with Gasteiger partial charge in [0.2, 0.25) is 0 Å². The summed E-state index contributed by atoms with van der Waals surface area (Å²) in [6.45, 7) is 2.13. The van der Waals surface area contributed by atoms with Crippen molar-refractivity contribution in [1.82, 2.24) is 9.88 Å². The Bertz CT molecular complexity index is 661. The van der Waals surface area contributed by atoms with Gasteiger partial charge in [-0.05, 0) is 25.2 Å². The standard InChI is InChI=1S/C16H20N2O4/c1-18(10-16-21-5-6-22-16)9-15(19)13-8-17-14-4-3-11(20-2)7-12(13)14/h3-4,7-8,16-17H,5-6,9-10H2,1-2H3. The van der Waals surface area contributed by atoms with Crippen LogP contribution >= 0.6 is 0 Å². The van der Waals surface area contributed by atoms with Gasteiger partial charge in [-0.1, -0.05) is 0 Å². The molecule has 0 unspecified atom stereocenters. The van der Waals surface area contributed by atoms with E-state index in [-0.39, 0.29) is 12.1 Å². The number of hydrogen-bond donors (Lipinski definition) is 1. The lowest BCUT2D eigenvalue weighted by Gasteiger charge is -2.18. The molecule has 0 atom stereocenters. The van der Waals surface area contributed by atoms with Gasteiger partial charge in [0.05, 0.1) is 26.9 Å². The maximum absolute atomic E-state index is 12.5. The lowest BCUT2D eigenvalue weighted by atomic mass is 10.1. The fourth-order valence-electron chi connectivity index (χ4n) is 2.62. The summed E-state index contributed by atoms with van der Waals surface area (Å²) in [4.78, 5) is 17.6. The van der Waals surface area contributed by atoms with Crippen molar-refractivity contribution in [1.29, 1.82) is 0 Å². The molecule has 1 saturated heterocycles. The van der Waals surface area contributed by atoms with Gasteiger partial charge in [0, 0.05) is 29.2 Å². The largest absolute Gasteiger partial charge is 0.497 e. The quantitative estimate of drug-likeness (QED) is 0.822. The van der Waals surface area contributed by atoms with E-state index in [1.807, 2.05) is 30.1 Å². The summed E-state index contributed by atoms with van der Waals surface area (Å²) in [6, 6.07) is 5.66. The van der Waals surface area contributed by atoms with Crippen molar-refractivity contribution in [3.8, 4) is 5.75 Å². The molecule has 2 heterocycles. The van der Waals surface area contributed by atoms with Gasteiger partial charge in [0.15, 0.2) is 12.1 Å². The number of hydrogen-bond acceptors (Lipinski definition) is 5. The molecule has 0 amide bonds. The van der Waals surface area contributed by atoms with Crippen molar-refractivity contribution >= 4 is 16.7 Å². The first-order valence-corrected chi connectivity index (χ1v) is 7.27. The van der Waals surface area contributed by atoms with Crippen molar-refractivity contribution in [3.05, 3.63) is 30.0 Å². The number of methoxy groups -OCH3 is 1. The van der Waals surface area contributed by atoms with E-state index in [0.717, 1.165) is 16.7 Å². The Morgan fingerprint density at radius 2 is 2.18 bits per heavy atom. The molecule has 1 aromatic carbocycles. The maximum Gasteiger partial charge on any atom is 0.178 e. The lowest BCUT2D eigenvalue weighted by Crippen LogP contribution is -2.33. The molecule has 2 aromatic rings. The molecular weight excluding hydrogens is 284 g/mol. The number of aromatic amines is 1. The van der Waals surface area contributed by atoms with Crippen LogP contribution in [0.3, 0.4) is 0 Å². The normalized spacial score (nSPS) is 15.8. The van der Waals surface area contributed by atoms with Crippen molar-refractivity contribution < 1.29 is 19.0 Å². The highest BCUT2D eigenvalue weighted by atomic mass is 16.7. The molecule has 0 saturated carbocycles. The van der Waals surface area contributed by atoms with E-state index in [0.29, 0.717) is 31.9 Å². The average molecular weight is 304 g/mol. The van der Waals surface area contributed by atoms with Crippen LogP contribution in [0.15, 0.2) is 24.4 Å². The Hall–Kier alpha value is -1.89. The van der Waals surface area contributed by atoms with Crippen LogP contribution < -0.4 is 4.74 Å². The monoisotopic (exact) mass is 304 g/mol. The Kier molecular flexibility index (Phi) is 4.42. The molecule has 1 fully saturated rings. The van der Waals surface area contributed by atoms with Gasteiger partial charge >= 0.3 is 0 Å². The predicted molar refractivity (Wildman–Crippen MR) is 82.4 cm³/mol. The Morgan fingerprint density at radius 1 is 1.41 bits per heavy atom. The Morgan fingerprint density at radius 3 is 2.91 bits per heavy atom. The molecule has 0 radical (unpaired) electrons. The zero-order valence-corrected chi connectivity index (χ0v) is 12.8. The lowest BCUT2D eigenvalue weighted by molar-refractivity contribution is -0.0569. The van der Waals surface area contributed by atoms with E-state index in [1.54, 1.807) is 13.3 Å². The maximum atomic E-state index is 12.5. The number of rotatable bonds is 6. The van der Waals surface area contributed by atoms with Crippen molar-refractivity contribution in [3.63, 3.8) is 0 Å². The van der Waals surface area contributed by atoms with E-state index >= 15 is 0 Å². The third-order valence-electron chi connectivity index (χ3n) is 3.75. The number of nitrogens with zero attached hydrogens (tertiary/aromatic N) is 1. The molecule has 0 spiro atoms. The van der Waals surface area contributed by atoms with Gasteiger partial charge in [-0.3, -0.25) is 9.69 Å². The molecule has 0 aliphatic carbocycles. The third kappa shape index (κ3) is 3.14. The minimum atomic E-state index is -0.235. The van der Waals surface area contributed by atoms with E-state index in [4.69, 9.17) is 14.2 Å². The zero-order valence-electron chi connectivity index (χ0n) is 12.8. The number of fused-ring (bicyclic) bond motifs is 1. The summed E-state index contributed by atoms with van der Waals surface area (Å²) in [7, 11) is 3.50. The number of benzene rings is 1. The molecule has 1 aliphatic heterocycles. The molecule has 118 valence electrons. The van der Waals surface area contributed by atoms with Crippen LogP contribution in [0.2, 0.25) is 0 Å².